The first kappa shape index (κ1) is 18.8. The van der Waals surface area contributed by atoms with E-state index in [1.807, 2.05) is 0 Å². The van der Waals surface area contributed by atoms with Gasteiger partial charge in [0.25, 0.3) is 0 Å². The van der Waals surface area contributed by atoms with Crippen molar-refractivity contribution >= 4 is 7.32 Å². The molecule has 0 unspecified atom stereocenters. The molecule has 0 amide bonds. The van der Waals surface area contributed by atoms with E-state index >= 15 is 0 Å². The quantitative estimate of drug-likeness (QED) is 0.668. The van der Waals surface area contributed by atoms with Crippen LogP contribution in [0.3, 0.4) is 0 Å². The number of phenolic OH excluding ortho intramolecular Hbond substituents is 1. The molecule has 0 saturated heterocycles. The zero-order valence-electron chi connectivity index (χ0n) is 12.1. The Morgan fingerprint density at radius 1 is 0.760 bits per heavy atom. The van der Waals surface area contributed by atoms with Gasteiger partial charge in [-0.25, -0.2) is 0 Å². The Hall–Kier alpha value is -2.56. The van der Waals surface area contributed by atoms with Crippen molar-refractivity contribution in [1.29, 1.82) is 0 Å². The minimum absolute atomic E-state index is 0.0898. The molecule has 0 spiro atoms. The fourth-order valence-corrected chi connectivity index (χ4v) is 1.77. The lowest BCUT2D eigenvalue weighted by atomic mass is 10.1. The van der Waals surface area contributed by atoms with Crippen LogP contribution in [-0.4, -0.2) is 12.4 Å². The maximum Gasteiger partial charge on any atom is 0.492 e. The first-order valence-electron chi connectivity index (χ1n) is 6.53. The third-order valence-corrected chi connectivity index (χ3v) is 2.86. The Kier molecular flexibility index (Phi) is 5.07. The first-order valence-corrected chi connectivity index (χ1v) is 6.53. The van der Waals surface area contributed by atoms with Crippen molar-refractivity contribution in [3.8, 4) is 17.2 Å². The Morgan fingerprint density at radius 3 is 1.64 bits per heavy atom. The fourth-order valence-electron chi connectivity index (χ4n) is 1.77. The maximum absolute atomic E-state index is 12.7. The number of phenols is 1. The highest BCUT2D eigenvalue weighted by Crippen LogP contribution is 2.38. The van der Waals surface area contributed by atoms with E-state index in [9.17, 15) is 31.4 Å². The lowest BCUT2D eigenvalue weighted by Gasteiger charge is -2.22. The molecule has 2 aromatic rings. The molecule has 0 aromatic heterocycles. The standard InChI is InChI=1S/C14H8BF6O4/c16-13(17,18)8-5-9(14(19,20)21)7-12(6-8)25-15(23)24-11-3-1-10(22)2-4-11/h1-7,22H/q-1. The molecule has 1 N–H and O–H groups in total. The van der Waals surface area contributed by atoms with Crippen molar-refractivity contribution in [2.75, 3.05) is 0 Å². The fraction of sp³-hybridized carbons (Fsp3) is 0.143. The molecule has 0 bridgehead atoms. The number of hydrogen-bond donors (Lipinski definition) is 1. The summed E-state index contributed by atoms with van der Waals surface area (Å²) in [7, 11) is -2.42. The van der Waals surface area contributed by atoms with E-state index < -0.39 is 36.6 Å². The average molecular weight is 365 g/mol. The largest absolute Gasteiger partial charge is 0.808 e. The summed E-state index contributed by atoms with van der Waals surface area (Å²) in [6.07, 6.45) is -10.1. The molecule has 0 radical (unpaired) electrons. The van der Waals surface area contributed by atoms with Crippen LogP contribution in [0.1, 0.15) is 11.1 Å². The highest BCUT2D eigenvalue weighted by Gasteiger charge is 2.37. The van der Waals surface area contributed by atoms with Crippen molar-refractivity contribution in [2.24, 2.45) is 0 Å². The van der Waals surface area contributed by atoms with Crippen molar-refractivity contribution < 1.29 is 45.8 Å². The summed E-state index contributed by atoms with van der Waals surface area (Å²) in [5.74, 6) is -1.18. The Balaban J connectivity index is 2.23. The van der Waals surface area contributed by atoms with Gasteiger partial charge >= 0.3 is 19.7 Å². The lowest BCUT2D eigenvalue weighted by Crippen LogP contribution is -2.44. The van der Waals surface area contributed by atoms with E-state index in [0.29, 0.717) is 0 Å². The summed E-state index contributed by atoms with van der Waals surface area (Å²) in [4.78, 5) is 0. The number of hydrogen-bond acceptors (Lipinski definition) is 4. The summed E-state index contributed by atoms with van der Waals surface area (Å²) in [5.41, 5.74) is -3.23. The molecule has 0 atom stereocenters. The van der Waals surface area contributed by atoms with E-state index in [2.05, 4.69) is 9.31 Å². The number of rotatable bonds is 4. The Labute approximate surface area is 137 Å². The number of halogens is 6. The third kappa shape index (κ3) is 5.21. The van der Waals surface area contributed by atoms with Crippen molar-refractivity contribution in [3.05, 3.63) is 53.6 Å². The summed E-state index contributed by atoms with van der Waals surface area (Å²) in [5, 5.41) is 20.7. The van der Waals surface area contributed by atoms with Gasteiger partial charge in [-0.05, 0) is 42.5 Å². The van der Waals surface area contributed by atoms with Crippen LogP contribution in [0.15, 0.2) is 42.5 Å². The van der Waals surface area contributed by atoms with Gasteiger partial charge in [0.05, 0.1) is 11.1 Å². The summed E-state index contributed by atoms with van der Waals surface area (Å²) < 4.78 is 85.4. The zero-order valence-corrected chi connectivity index (χ0v) is 12.1. The zero-order chi connectivity index (χ0) is 18.8. The molecule has 134 valence electrons. The van der Waals surface area contributed by atoms with Crippen molar-refractivity contribution in [1.82, 2.24) is 0 Å². The smallest absolute Gasteiger partial charge is 0.492 e. The number of benzene rings is 2. The average Bonchev–Trinajstić information content (AvgIpc) is 2.47. The number of alkyl halides is 6. The van der Waals surface area contributed by atoms with Gasteiger partial charge in [0.15, 0.2) is 0 Å². The highest BCUT2D eigenvalue weighted by molar-refractivity contribution is 6.34. The van der Waals surface area contributed by atoms with Gasteiger partial charge in [0.2, 0.25) is 0 Å². The van der Waals surface area contributed by atoms with Crippen LogP contribution in [-0.2, 0) is 12.4 Å². The maximum atomic E-state index is 12.7. The summed E-state index contributed by atoms with van der Waals surface area (Å²) in [6, 6.07) is 5.09. The topological polar surface area (TPSA) is 61.8 Å². The predicted octanol–water partition coefficient (Wildman–Crippen LogP) is 3.23. The van der Waals surface area contributed by atoms with Gasteiger partial charge in [-0.2, -0.15) is 26.3 Å². The molecule has 0 aliphatic carbocycles. The molecular formula is C14H8BF6O4-. The molecule has 11 heteroatoms. The molecule has 2 rings (SSSR count). The lowest BCUT2D eigenvalue weighted by molar-refractivity contribution is -0.235. The van der Waals surface area contributed by atoms with E-state index in [1.165, 1.54) is 0 Å². The van der Waals surface area contributed by atoms with E-state index in [4.69, 9.17) is 5.11 Å². The normalized spacial score (nSPS) is 12.0. The Bertz CT molecular complexity index is 697. The van der Waals surface area contributed by atoms with E-state index in [1.54, 1.807) is 0 Å². The van der Waals surface area contributed by atoms with Crippen LogP contribution in [0.2, 0.25) is 0 Å². The monoisotopic (exact) mass is 365 g/mol. The molecule has 4 nitrogen and oxygen atoms in total. The second kappa shape index (κ2) is 6.75. The number of aromatic hydroxyl groups is 1. The van der Waals surface area contributed by atoms with Gasteiger partial charge in [0.1, 0.15) is 17.2 Å². The molecule has 25 heavy (non-hydrogen) atoms. The predicted molar refractivity (Wildman–Crippen MR) is 71.6 cm³/mol. The Morgan fingerprint density at radius 2 is 1.20 bits per heavy atom. The minimum atomic E-state index is -5.06. The van der Waals surface area contributed by atoms with Gasteiger partial charge in [0, 0.05) is 0 Å². The summed E-state index contributed by atoms with van der Waals surface area (Å²) >= 11 is 0. The molecule has 0 aliphatic heterocycles. The first-order chi connectivity index (χ1) is 11.4. The van der Waals surface area contributed by atoms with Gasteiger partial charge < -0.3 is 19.4 Å². The van der Waals surface area contributed by atoms with Gasteiger partial charge in [-0.1, -0.05) is 0 Å². The molecule has 0 fully saturated rings. The second-order valence-electron chi connectivity index (χ2n) is 4.76. The highest BCUT2D eigenvalue weighted by atomic mass is 19.4. The van der Waals surface area contributed by atoms with Crippen molar-refractivity contribution in [2.45, 2.75) is 12.4 Å². The molecule has 0 aliphatic rings. The third-order valence-electron chi connectivity index (χ3n) is 2.86. The SMILES string of the molecule is [O-]B(Oc1ccc(O)cc1)Oc1cc(C(F)(F)F)cc(C(F)(F)F)c1. The molecule has 2 aromatic carbocycles. The van der Waals surface area contributed by atoms with E-state index in [0.717, 1.165) is 24.3 Å². The molecule has 0 saturated carbocycles. The van der Waals surface area contributed by atoms with Crippen LogP contribution in [0, 0.1) is 0 Å². The van der Waals surface area contributed by atoms with Crippen LogP contribution in [0.25, 0.3) is 0 Å². The van der Waals surface area contributed by atoms with Crippen LogP contribution in [0.5, 0.6) is 17.2 Å². The second-order valence-corrected chi connectivity index (χ2v) is 4.76. The van der Waals surface area contributed by atoms with Gasteiger partial charge in [-0.3, -0.25) is 0 Å². The molecule has 0 heterocycles. The summed E-state index contributed by atoms with van der Waals surface area (Å²) in [6.45, 7) is 0. The van der Waals surface area contributed by atoms with Crippen molar-refractivity contribution in [3.63, 3.8) is 0 Å². The van der Waals surface area contributed by atoms with Crippen LogP contribution >= 0.6 is 0 Å². The minimum Gasteiger partial charge on any atom is -0.808 e. The van der Waals surface area contributed by atoms with Gasteiger partial charge in [-0.15, -0.1) is 0 Å². The van der Waals surface area contributed by atoms with Crippen LogP contribution in [0.4, 0.5) is 26.3 Å². The molecular weight excluding hydrogens is 357 g/mol. The van der Waals surface area contributed by atoms with E-state index in [-0.39, 0.29) is 29.7 Å². The van der Waals surface area contributed by atoms with Crippen LogP contribution < -0.4 is 14.3 Å².